The number of likely N-dealkylation sites (N-methyl/N-ethyl adjacent to an activating group) is 1. The quantitative estimate of drug-likeness (QED) is 0.642. The van der Waals surface area contributed by atoms with Gasteiger partial charge in [0.15, 0.2) is 5.96 Å². The van der Waals surface area contributed by atoms with Crippen molar-refractivity contribution < 1.29 is 0 Å². The highest BCUT2D eigenvalue weighted by molar-refractivity contribution is 7.10. The molecule has 1 unspecified atom stereocenters. The van der Waals surface area contributed by atoms with Gasteiger partial charge in [0.05, 0.1) is 23.3 Å². The number of thiazole rings is 1. The van der Waals surface area contributed by atoms with E-state index in [0.717, 1.165) is 29.8 Å². The van der Waals surface area contributed by atoms with Crippen LogP contribution >= 0.6 is 22.7 Å². The Kier molecular flexibility index (Phi) is 6.56. The van der Waals surface area contributed by atoms with Gasteiger partial charge in [0, 0.05) is 30.9 Å². The van der Waals surface area contributed by atoms with E-state index in [1.807, 2.05) is 21.0 Å². The molecule has 0 aliphatic heterocycles. The molecule has 126 valence electrons. The van der Waals surface area contributed by atoms with Gasteiger partial charge >= 0.3 is 0 Å². The average molecular weight is 352 g/mol. The lowest BCUT2D eigenvalue weighted by Crippen LogP contribution is -2.42. The molecule has 1 atom stereocenters. The first-order valence-corrected chi connectivity index (χ1v) is 9.29. The lowest BCUT2D eigenvalue weighted by atomic mass is 10.2. The highest BCUT2D eigenvalue weighted by Gasteiger charge is 2.17. The van der Waals surface area contributed by atoms with Crippen molar-refractivity contribution in [2.75, 3.05) is 34.7 Å². The van der Waals surface area contributed by atoms with E-state index in [2.05, 4.69) is 62.1 Å². The molecule has 0 fully saturated rings. The second-order valence-electron chi connectivity index (χ2n) is 5.64. The van der Waals surface area contributed by atoms with Crippen molar-refractivity contribution in [3.8, 4) is 0 Å². The monoisotopic (exact) mass is 351 g/mol. The molecule has 0 radical (unpaired) electrons. The van der Waals surface area contributed by atoms with Crippen LogP contribution in [-0.2, 0) is 6.54 Å². The Morgan fingerprint density at radius 2 is 2.13 bits per heavy atom. The van der Waals surface area contributed by atoms with Crippen LogP contribution in [0.2, 0.25) is 0 Å². The highest BCUT2D eigenvalue weighted by Crippen LogP contribution is 2.22. The molecule has 0 aliphatic carbocycles. The van der Waals surface area contributed by atoms with Gasteiger partial charge in [-0.05, 0) is 32.5 Å². The van der Waals surface area contributed by atoms with Crippen LogP contribution in [0.4, 0.5) is 0 Å². The van der Waals surface area contributed by atoms with Crippen LogP contribution in [-0.4, -0.2) is 55.5 Å². The number of aromatic nitrogens is 1. The number of guanidine groups is 1. The summed E-state index contributed by atoms with van der Waals surface area (Å²) in [6.45, 7) is 3.61. The molecule has 0 aromatic carbocycles. The van der Waals surface area contributed by atoms with Crippen molar-refractivity contribution in [2.24, 2.45) is 4.99 Å². The number of rotatable bonds is 6. The van der Waals surface area contributed by atoms with Crippen LogP contribution in [0, 0.1) is 6.92 Å². The maximum atomic E-state index is 4.52. The number of hydrogen-bond acceptors (Lipinski definition) is 5. The van der Waals surface area contributed by atoms with Crippen LogP contribution in [0.5, 0.6) is 0 Å². The van der Waals surface area contributed by atoms with Crippen molar-refractivity contribution in [3.05, 3.63) is 38.5 Å². The molecule has 2 rings (SSSR count). The van der Waals surface area contributed by atoms with E-state index in [0.29, 0.717) is 6.04 Å². The minimum Gasteiger partial charge on any atom is -0.354 e. The van der Waals surface area contributed by atoms with E-state index >= 15 is 0 Å². The summed E-state index contributed by atoms with van der Waals surface area (Å²) in [4.78, 5) is 14.6. The van der Waals surface area contributed by atoms with Crippen LogP contribution in [0.15, 0.2) is 27.9 Å². The second kappa shape index (κ2) is 8.42. The molecule has 5 nitrogen and oxygen atoms in total. The molecular formula is C16H25N5S2. The van der Waals surface area contributed by atoms with Crippen molar-refractivity contribution >= 4 is 28.6 Å². The maximum absolute atomic E-state index is 4.52. The molecule has 0 bridgehead atoms. The van der Waals surface area contributed by atoms with Gasteiger partial charge in [-0.1, -0.05) is 6.07 Å². The first-order valence-electron chi connectivity index (χ1n) is 7.54. The number of aryl methyl sites for hydroxylation is 1. The zero-order chi connectivity index (χ0) is 16.8. The standard InChI is InChI=1S/C16H25N5S2/c1-12-19-13(11-23-12)10-21(5)16(17-2)18-9-14(20(3)4)15-7-6-8-22-15/h6-8,11,14H,9-10H2,1-5H3,(H,17,18). The average Bonchev–Trinajstić information content (AvgIpc) is 3.15. The second-order valence-corrected chi connectivity index (χ2v) is 7.68. The first kappa shape index (κ1) is 17.9. The van der Waals surface area contributed by atoms with E-state index in [1.54, 1.807) is 22.7 Å². The number of hydrogen-bond donors (Lipinski definition) is 1. The minimum absolute atomic E-state index is 0.335. The molecule has 23 heavy (non-hydrogen) atoms. The van der Waals surface area contributed by atoms with Crippen molar-refractivity contribution in [3.63, 3.8) is 0 Å². The topological polar surface area (TPSA) is 43.8 Å². The highest BCUT2D eigenvalue weighted by atomic mass is 32.1. The summed E-state index contributed by atoms with van der Waals surface area (Å²) in [6, 6.07) is 4.62. The number of aliphatic imine (C=N–C) groups is 1. The fraction of sp³-hybridized carbons (Fsp3) is 0.500. The van der Waals surface area contributed by atoms with Crippen LogP contribution < -0.4 is 5.32 Å². The first-order chi connectivity index (χ1) is 11.0. The smallest absolute Gasteiger partial charge is 0.193 e. The summed E-state index contributed by atoms with van der Waals surface area (Å²) >= 11 is 3.47. The Morgan fingerprint density at radius 1 is 1.35 bits per heavy atom. The molecule has 2 aromatic heterocycles. The predicted octanol–water partition coefficient (Wildman–Crippen LogP) is 2.82. The minimum atomic E-state index is 0.335. The Hall–Kier alpha value is -1.44. The van der Waals surface area contributed by atoms with Gasteiger partial charge in [0.1, 0.15) is 0 Å². The fourth-order valence-electron chi connectivity index (χ4n) is 2.39. The Bertz CT molecular complexity index is 618. The summed E-state index contributed by atoms with van der Waals surface area (Å²) in [5.41, 5.74) is 1.08. The summed E-state index contributed by atoms with van der Waals surface area (Å²) in [5, 5.41) is 8.81. The summed E-state index contributed by atoms with van der Waals surface area (Å²) < 4.78 is 0. The molecule has 2 aromatic rings. The van der Waals surface area contributed by atoms with Crippen LogP contribution in [0.1, 0.15) is 21.6 Å². The summed E-state index contributed by atoms with van der Waals surface area (Å²) in [5.74, 6) is 0.888. The van der Waals surface area contributed by atoms with Gasteiger partial charge < -0.3 is 15.1 Å². The fourth-order valence-corrected chi connectivity index (χ4v) is 3.92. The van der Waals surface area contributed by atoms with Crippen molar-refractivity contribution in [2.45, 2.75) is 19.5 Å². The molecule has 0 saturated heterocycles. The lowest BCUT2D eigenvalue weighted by molar-refractivity contribution is 0.299. The third-order valence-electron chi connectivity index (χ3n) is 3.59. The van der Waals surface area contributed by atoms with E-state index in [-0.39, 0.29) is 0 Å². The predicted molar refractivity (Wildman–Crippen MR) is 100 cm³/mol. The van der Waals surface area contributed by atoms with Gasteiger partial charge in [-0.3, -0.25) is 4.99 Å². The Balaban J connectivity index is 1.95. The summed E-state index contributed by atoms with van der Waals surface area (Å²) in [6.07, 6.45) is 0. The maximum Gasteiger partial charge on any atom is 0.193 e. The van der Waals surface area contributed by atoms with Gasteiger partial charge in [-0.2, -0.15) is 0 Å². The van der Waals surface area contributed by atoms with E-state index in [9.17, 15) is 0 Å². The number of nitrogens with one attached hydrogen (secondary N) is 1. The lowest BCUT2D eigenvalue weighted by Gasteiger charge is -2.27. The van der Waals surface area contributed by atoms with Crippen molar-refractivity contribution in [1.82, 2.24) is 20.1 Å². The van der Waals surface area contributed by atoms with Gasteiger partial charge in [-0.15, -0.1) is 22.7 Å². The van der Waals surface area contributed by atoms with Gasteiger partial charge in [-0.25, -0.2) is 4.98 Å². The Morgan fingerprint density at radius 3 is 2.65 bits per heavy atom. The third-order valence-corrected chi connectivity index (χ3v) is 5.38. The third kappa shape index (κ3) is 5.02. The zero-order valence-electron chi connectivity index (χ0n) is 14.4. The molecule has 2 heterocycles. The summed E-state index contributed by atoms with van der Waals surface area (Å²) in [7, 11) is 8.08. The van der Waals surface area contributed by atoms with Gasteiger partial charge in [0.2, 0.25) is 0 Å². The molecular weight excluding hydrogens is 326 g/mol. The van der Waals surface area contributed by atoms with Crippen molar-refractivity contribution in [1.29, 1.82) is 0 Å². The van der Waals surface area contributed by atoms with E-state index in [4.69, 9.17) is 0 Å². The molecule has 0 saturated carbocycles. The van der Waals surface area contributed by atoms with Crippen LogP contribution in [0.3, 0.4) is 0 Å². The zero-order valence-corrected chi connectivity index (χ0v) is 16.0. The van der Waals surface area contributed by atoms with Crippen LogP contribution in [0.25, 0.3) is 0 Å². The molecule has 1 N–H and O–H groups in total. The largest absolute Gasteiger partial charge is 0.354 e. The van der Waals surface area contributed by atoms with E-state index in [1.165, 1.54) is 4.88 Å². The molecule has 7 heteroatoms. The Labute approximate surface area is 146 Å². The van der Waals surface area contributed by atoms with E-state index < -0.39 is 0 Å². The number of nitrogens with zero attached hydrogens (tertiary/aromatic N) is 4. The van der Waals surface area contributed by atoms with Gasteiger partial charge in [0.25, 0.3) is 0 Å². The SMILES string of the molecule is CN=C(NCC(c1cccs1)N(C)C)N(C)Cc1csc(C)n1. The molecule has 0 amide bonds. The normalized spacial score (nSPS) is 13.4. The molecule has 0 spiro atoms. The number of thiophene rings is 1. The molecule has 0 aliphatic rings.